The number of rotatable bonds is 17. The fourth-order valence-corrected chi connectivity index (χ4v) is 4.62. The van der Waals surface area contributed by atoms with Crippen LogP contribution in [0.2, 0.25) is 0 Å². The number of nitrogens with one attached hydrogen (secondary N) is 1. The Morgan fingerprint density at radius 3 is 2.24 bits per heavy atom. The molecule has 0 aromatic rings. The molecule has 1 aliphatic heterocycles. The van der Waals surface area contributed by atoms with Gasteiger partial charge in [-0.05, 0) is 37.7 Å². The summed E-state index contributed by atoms with van der Waals surface area (Å²) in [5, 5.41) is 27.4. The molecule has 1 fully saturated rings. The van der Waals surface area contributed by atoms with Crippen LogP contribution in [-0.4, -0.2) is 62.6 Å². The quantitative estimate of drug-likeness (QED) is 0.0747. The molecule has 1 heterocycles. The molecule has 1 rings (SSSR count). The van der Waals surface area contributed by atoms with E-state index in [-0.39, 0.29) is 23.0 Å². The number of nitrogens with two attached hydrogens (primary N) is 1. The van der Waals surface area contributed by atoms with Gasteiger partial charge in [-0.1, -0.05) is 58.4 Å². The van der Waals surface area contributed by atoms with Crippen molar-refractivity contribution in [1.82, 2.24) is 0 Å². The van der Waals surface area contributed by atoms with Gasteiger partial charge in [0.15, 0.2) is 0 Å². The molecule has 34 heavy (non-hydrogen) atoms. The Hall–Kier alpha value is -1.13. The summed E-state index contributed by atoms with van der Waals surface area (Å²) in [4.78, 5) is 29.6. The standard InChI is InChI=1S/C23H43N2O8P/c1-16(26)17(14-23(2,3)13-12-20(24)25)10-8-6-4-5-7-9-11-18-21(27)22(28)19(33-18)15-32-34(29,30)31/h12-13,17-19,21-22,27-28H,4-11,14-15H2,1-3H3,(H3,24,25)(H2,29,30,31)/b13-12-. The van der Waals surface area contributed by atoms with E-state index in [0.29, 0.717) is 6.42 Å². The number of phosphoric acid groups is 1. The van der Waals surface area contributed by atoms with Crippen molar-refractivity contribution in [3.63, 3.8) is 0 Å². The van der Waals surface area contributed by atoms with Gasteiger partial charge in [-0.25, -0.2) is 4.57 Å². The highest BCUT2D eigenvalue weighted by Crippen LogP contribution is 2.37. The largest absolute Gasteiger partial charge is 0.469 e. The number of hydrogen-bond acceptors (Lipinski definition) is 7. The predicted octanol–water partition coefficient (Wildman–Crippen LogP) is 2.82. The Morgan fingerprint density at radius 1 is 1.12 bits per heavy atom. The highest BCUT2D eigenvalue weighted by molar-refractivity contribution is 7.46. The van der Waals surface area contributed by atoms with Crippen molar-refractivity contribution >= 4 is 19.4 Å². The van der Waals surface area contributed by atoms with Crippen LogP contribution < -0.4 is 5.73 Å². The molecule has 1 saturated heterocycles. The summed E-state index contributed by atoms with van der Waals surface area (Å²) in [6.45, 7) is 5.23. The Balaban J connectivity index is 2.24. The topological polar surface area (TPSA) is 183 Å². The predicted molar refractivity (Wildman–Crippen MR) is 129 cm³/mol. The van der Waals surface area contributed by atoms with Crippen molar-refractivity contribution in [3.05, 3.63) is 12.2 Å². The van der Waals surface area contributed by atoms with Crippen molar-refractivity contribution in [2.45, 2.75) is 103 Å². The summed E-state index contributed by atoms with van der Waals surface area (Å²) in [7, 11) is -4.66. The summed E-state index contributed by atoms with van der Waals surface area (Å²) in [6, 6.07) is 0. The second-order valence-corrected chi connectivity index (χ2v) is 11.2. The molecule has 5 unspecified atom stereocenters. The number of phosphoric ester groups is 1. The Morgan fingerprint density at radius 2 is 1.68 bits per heavy atom. The molecule has 0 bridgehead atoms. The van der Waals surface area contributed by atoms with Crippen molar-refractivity contribution in [1.29, 1.82) is 5.41 Å². The second-order valence-electron chi connectivity index (χ2n) is 9.97. The van der Waals surface area contributed by atoms with Crippen LogP contribution in [0.25, 0.3) is 0 Å². The van der Waals surface area contributed by atoms with Gasteiger partial charge in [0.05, 0.1) is 12.7 Å². The molecular weight excluding hydrogens is 463 g/mol. The molecule has 0 aliphatic carbocycles. The lowest BCUT2D eigenvalue weighted by Crippen LogP contribution is -2.34. The summed E-state index contributed by atoms with van der Waals surface area (Å²) in [5.41, 5.74) is 5.18. The minimum atomic E-state index is -4.66. The highest BCUT2D eigenvalue weighted by Gasteiger charge is 2.42. The van der Waals surface area contributed by atoms with Gasteiger partial charge in [-0.2, -0.15) is 0 Å². The van der Waals surface area contributed by atoms with Gasteiger partial charge < -0.3 is 30.5 Å². The lowest BCUT2D eigenvalue weighted by atomic mass is 9.79. The molecule has 0 radical (unpaired) electrons. The van der Waals surface area contributed by atoms with Crippen LogP contribution in [0.1, 0.15) is 78.6 Å². The zero-order valence-electron chi connectivity index (χ0n) is 20.6. The molecule has 0 aromatic heterocycles. The molecule has 10 nitrogen and oxygen atoms in total. The van der Waals surface area contributed by atoms with E-state index in [1.807, 2.05) is 19.9 Å². The van der Waals surface area contributed by atoms with Gasteiger partial charge in [-0.3, -0.25) is 14.7 Å². The number of carbonyl (C=O) groups excluding carboxylic acids is 1. The first-order chi connectivity index (χ1) is 15.7. The fourth-order valence-electron chi connectivity index (χ4n) is 4.28. The minimum Gasteiger partial charge on any atom is -0.388 e. The smallest absolute Gasteiger partial charge is 0.388 e. The highest BCUT2D eigenvalue weighted by atomic mass is 31.2. The van der Waals surface area contributed by atoms with Crippen molar-refractivity contribution < 1.29 is 38.6 Å². The zero-order chi connectivity index (χ0) is 25.9. The number of unbranched alkanes of at least 4 members (excludes halogenated alkanes) is 5. The third-order valence-corrected chi connectivity index (χ3v) is 6.71. The van der Waals surface area contributed by atoms with Crippen molar-refractivity contribution in [2.75, 3.05) is 6.61 Å². The van der Waals surface area contributed by atoms with E-state index >= 15 is 0 Å². The molecular formula is C23H43N2O8P. The van der Waals surface area contributed by atoms with E-state index in [2.05, 4.69) is 4.52 Å². The van der Waals surface area contributed by atoms with Crippen molar-refractivity contribution in [2.24, 2.45) is 17.1 Å². The number of Topliss-reactive ketones (excluding diaryl/α,β-unsaturated/α-hetero) is 1. The molecule has 5 atom stereocenters. The molecule has 11 heteroatoms. The number of ether oxygens (including phenoxy) is 1. The van der Waals surface area contributed by atoms with Gasteiger partial charge >= 0.3 is 7.82 Å². The number of amidine groups is 1. The number of ketones is 1. The van der Waals surface area contributed by atoms with Gasteiger partial charge in [-0.15, -0.1) is 0 Å². The average molecular weight is 507 g/mol. The van der Waals surface area contributed by atoms with E-state index in [1.165, 1.54) is 0 Å². The minimum absolute atomic E-state index is 0.00589. The molecule has 1 aliphatic rings. The Kier molecular flexibility index (Phi) is 13.1. The van der Waals surface area contributed by atoms with Crippen LogP contribution >= 0.6 is 7.82 Å². The normalized spacial score (nSPS) is 24.6. The van der Waals surface area contributed by atoms with Gasteiger partial charge in [0.1, 0.15) is 29.9 Å². The molecule has 0 amide bonds. The van der Waals surface area contributed by atoms with Crippen LogP contribution in [-0.2, 0) is 18.6 Å². The van der Waals surface area contributed by atoms with Gasteiger partial charge in [0.25, 0.3) is 0 Å². The first-order valence-corrected chi connectivity index (χ1v) is 13.5. The summed E-state index contributed by atoms with van der Waals surface area (Å²) in [6.07, 6.45) is 7.43. The number of allylic oxidation sites excluding steroid dienone is 1. The molecule has 7 N–H and O–H groups in total. The maximum atomic E-state index is 12.1. The second kappa shape index (κ2) is 14.4. The van der Waals surface area contributed by atoms with Gasteiger partial charge in [0.2, 0.25) is 0 Å². The van der Waals surface area contributed by atoms with E-state index < -0.39 is 38.8 Å². The zero-order valence-corrected chi connectivity index (χ0v) is 21.5. The lowest BCUT2D eigenvalue weighted by molar-refractivity contribution is -0.121. The van der Waals surface area contributed by atoms with Crippen LogP contribution in [0.3, 0.4) is 0 Å². The van der Waals surface area contributed by atoms with E-state index in [0.717, 1.165) is 51.4 Å². The summed E-state index contributed by atoms with van der Waals surface area (Å²) >= 11 is 0. The van der Waals surface area contributed by atoms with Gasteiger partial charge in [0, 0.05) is 5.92 Å². The number of carbonyl (C=O) groups is 1. The monoisotopic (exact) mass is 506 g/mol. The van der Waals surface area contributed by atoms with Crippen molar-refractivity contribution in [3.8, 4) is 0 Å². The third-order valence-electron chi connectivity index (χ3n) is 6.22. The Bertz CT molecular complexity index is 724. The Labute approximate surface area is 202 Å². The molecule has 0 aromatic carbocycles. The fraction of sp³-hybridized carbons (Fsp3) is 0.826. The summed E-state index contributed by atoms with van der Waals surface area (Å²) in [5.74, 6) is 0.180. The lowest BCUT2D eigenvalue weighted by Gasteiger charge is -2.25. The molecule has 0 spiro atoms. The van der Waals surface area contributed by atoms with Crippen LogP contribution in [0.4, 0.5) is 0 Å². The molecule has 0 saturated carbocycles. The summed E-state index contributed by atoms with van der Waals surface area (Å²) < 4.78 is 20.7. The number of aliphatic hydroxyl groups is 2. The van der Waals surface area contributed by atoms with Crippen LogP contribution in [0.15, 0.2) is 12.2 Å². The first kappa shape index (κ1) is 30.9. The first-order valence-electron chi connectivity index (χ1n) is 12.0. The maximum Gasteiger partial charge on any atom is 0.469 e. The van der Waals surface area contributed by atoms with Crippen LogP contribution in [0.5, 0.6) is 0 Å². The third kappa shape index (κ3) is 12.5. The van der Waals surface area contributed by atoms with E-state index in [4.69, 9.17) is 25.7 Å². The SMILES string of the molecule is CC(=O)C(CCCCCCCCC1OC(COP(=O)(O)O)C(O)C1O)CC(C)(C)/C=C\C(=N)N. The number of aliphatic hydroxyl groups excluding tert-OH is 2. The van der Waals surface area contributed by atoms with Crippen LogP contribution in [0, 0.1) is 16.7 Å². The van der Waals surface area contributed by atoms with E-state index in [1.54, 1.807) is 13.0 Å². The maximum absolute atomic E-state index is 12.1. The average Bonchev–Trinajstić information content (AvgIpc) is 2.99. The molecule has 198 valence electrons. The number of hydrogen-bond donors (Lipinski definition) is 6. The van der Waals surface area contributed by atoms with E-state index in [9.17, 15) is 19.6 Å².